The molecule has 18 heavy (non-hydrogen) atoms. The van der Waals surface area contributed by atoms with Crippen molar-refractivity contribution in [1.29, 1.82) is 0 Å². The molecule has 100 valence electrons. The fraction of sp³-hybridized carbons (Fsp3) is 0.417. The van der Waals surface area contributed by atoms with Crippen LogP contribution in [0.25, 0.3) is 0 Å². The van der Waals surface area contributed by atoms with Crippen LogP contribution in [0.2, 0.25) is 10.0 Å². The summed E-state index contributed by atoms with van der Waals surface area (Å²) in [5.74, 6) is 0. The van der Waals surface area contributed by atoms with Crippen LogP contribution in [0.3, 0.4) is 0 Å². The summed E-state index contributed by atoms with van der Waals surface area (Å²) in [6.45, 7) is 4.33. The van der Waals surface area contributed by atoms with Gasteiger partial charge < -0.3 is 10.1 Å². The summed E-state index contributed by atoms with van der Waals surface area (Å²) in [7, 11) is 0. The minimum atomic E-state index is -0.440. The van der Waals surface area contributed by atoms with Crippen LogP contribution in [0.1, 0.15) is 25.5 Å². The lowest BCUT2D eigenvalue weighted by Gasteiger charge is -2.39. The van der Waals surface area contributed by atoms with E-state index < -0.39 is 6.09 Å². The van der Waals surface area contributed by atoms with E-state index >= 15 is 0 Å². The monoisotopic (exact) mass is 309 g/mol. The second-order valence-corrected chi connectivity index (χ2v) is 5.59. The lowest BCUT2D eigenvalue weighted by atomic mass is 9.80. The van der Waals surface area contributed by atoms with Gasteiger partial charge in [0.25, 0.3) is 0 Å². The van der Waals surface area contributed by atoms with Gasteiger partial charge in [0.2, 0.25) is 0 Å². The van der Waals surface area contributed by atoms with Crippen molar-refractivity contribution < 1.29 is 9.53 Å². The summed E-state index contributed by atoms with van der Waals surface area (Å²) in [6.07, 6.45) is -0.440. The van der Waals surface area contributed by atoms with Crippen LogP contribution in [-0.2, 0) is 4.74 Å². The molecule has 0 aromatic heterocycles. The van der Waals surface area contributed by atoms with Crippen LogP contribution in [0.15, 0.2) is 18.2 Å². The fourth-order valence-electron chi connectivity index (χ4n) is 1.94. The molecule has 1 atom stereocenters. The molecule has 0 unspecified atom stereocenters. The number of rotatable bonds is 1. The fourth-order valence-corrected chi connectivity index (χ4v) is 2.55. The first-order valence-corrected chi connectivity index (χ1v) is 6.04. The smallest absolute Gasteiger partial charge is 0.407 e. The van der Waals surface area contributed by atoms with Crippen molar-refractivity contribution in [2.75, 3.05) is 6.61 Å². The number of alkyl carbamates (subject to hydrolysis) is 1. The standard InChI is InChI=1S/C12H13Cl2NO2.ClH/c1-12(2)6-17-11(16)15-10(12)9-7(13)4-3-5-8(9)14;/h3-5,10H,6H2,1-2H3,(H,15,16);1H/t10-;/m1./s1. The topological polar surface area (TPSA) is 38.3 Å². The summed E-state index contributed by atoms with van der Waals surface area (Å²) < 4.78 is 4.99. The predicted octanol–water partition coefficient (Wildman–Crippen LogP) is 4.22. The molecule has 0 spiro atoms. The van der Waals surface area contributed by atoms with Crippen molar-refractivity contribution in [2.24, 2.45) is 5.41 Å². The molecule has 1 amide bonds. The number of ether oxygens (including phenoxy) is 1. The van der Waals surface area contributed by atoms with Gasteiger partial charge in [0.1, 0.15) is 6.61 Å². The number of hydrogen-bond acceptors (Lipinski definition) is 2. The molecule has 0 aliphatic carbocycles. The Morgan fingerprint density at radius 1 is 1.33 bits per heavy atom. The Bertz CT molecular complexity index is 442. The maximum absolute atomic E-state index is 11.3. The Kier molecular flexibility index (Phi) is 4.76. The van der Waals surface area contributed by atoms with E-state index in [1.54, 1.807) is 18.2 Å². The molecule has 1 fully saturated rings. The van der Waals surface area contributed by atoms with Crippen molar-refractivity contribution in [3.05, 3.63) is 33.8 Å². The van der Waals surface area contributed by atoms with Crippen LogP contribution in [0.5, 0.6) is 0 Å². The van der Waals surface area contributed by atoms with Gasteiger partial charge in [-0.2, -0.15) is 0 Å². The number of nitrogens with one attached hydrogen (secondary N) is 1. The molecular weight excluding hydrogens is 296 g/mol. The summed E-state index contributed by atoms with van der Waals surface area (Å²) in [5, 5.41) is 3.88. The lowest BCUT2D eigenvalue weighted by molar-refractivity contribution is 0.0388. The Morgan fingerprint density at radius 2 is 1.89 bits per heavy atom. The summed E-state index contributed by atoms with van der Waals surface area (Å²) in [5.41, 5.74) is 0.486. The minimum Gasteiger partial charge on any atom is -0.449 e. The molecule has 2 rings (SSSR count). The Balaban J connectivity index is 0.00000162. The molecule has 1 aromatic rings. The summed E-state index contributed by atoms with van der Waals surface area (Å²) in [4.78, 5) is 11.3. The predicted molar refractivity (Wildman–Crippen MR) is 74.7 cm³/mol. The third-order valence-corrected chi connectivity index (χ3v) is 3.57. The van der Waals surface area contributed by atoms with E-state index in [2.05, 4.69) is 5.32 Å². The van der Waals surface area contributed by atoms with Gasteiger partial charge >= 0.3 is 6.09 Å². The van der Waals surface area contributed by atoms with Crippen molar-refractivity contribution in [3.63, 3.8) is 0 Å². The molecular formula is C12H14Cl3NO2. The molecule has 1 saturated heterocycles. The first kappa shape index (κ1) is 15.4. The van der Waals surface area contributed by atoms with E-state index in [1.165, 1.54) is 0 Å². The van der Waals surface area contributed by atoms with Gasteiger partial charge in [-0.1, -0.05) is 43.1 Å². The molecule has 6 heteroatoms. The Morgan fingerprint density at radius 3 is 2.44 bits per heavy atom. The summed E-state index contributed by atoms with van der Waals surface area (Å²) >= 11 is 12.3. The molecule has 0 bridgehead atoms. The third kappa shape index (κ3) is 2.85. The quantitative estimate of drug-likeness (QED) is 0.843. The van der Waals surface area contributed by atoms with Gasteiger partial charge in [0.15, 0.2) is 0 Å². The van der Waals surface area contributed by atoms with E-state index in [9.17, 15) is 4.79 Å². The molecule has 1 N–H and O–H groups in total. The van der Waals surface area contributed by atoms with Gasteiger partial charge in [-0.05, 0) is 12.1 Å². The first-order valence-electron chi connectivity index (χ1n) is 5.29. The highest BCUT2D eigenvalue weighted by molar-refractivity contribution is 6.36. The van der Waals surface area contributed by atoms with Gasteiger partial charge in [-0.15, -0.1) is 12.4 Å². The van der Waals surface area contributed by atoms with Gasteiger partial charge in [0, 0.05) is 21.0 Å². The number of amides is 1. The van der Waals surface area contributed by atoms with Crippen molar-refractivity contribution in [3.8, 4) is 0 Å². The third-order valence-electron chi connectivity index (χ3n) is 2.91. The van der Waals surface area contributed by atoms with E-state index in [4.69, 9.17) is 27.9 Å². The molecule has 1 aliphatic heterocycles. The second kappa shape index (κ2) is 5.55. The SMILES string of the molecule is CC1(C)COC(=O)N[C@@H]1c1c(Cl)cccc1Cl.Cl. The minimum absolute atomic E-state index is 0. The van der Waals surface area contributed by atoms with Crippen molar-refractivity contribution in [2.45, 2.75) is 19.9 Å². The van der Waals surface area contributed by atoms with E-state index in [-0.39, 0.29) is 23.9 Å². The van der Waals surface area contributed by atoms with Crippen molar-refractivity contribution in [1.82, 2.24) is 5.32 Å². The van der Waals surface area contributed by atoms with Crippen LogP contribution in [0.4, 0.5) is 4.79 Å². The van der Waals surface area contributed by atoms with Gasteiger partial charge in [0.05, 0.1) is 6.04 Å². The van der Waals surface area contributed by atoms with E-state index in [0.717, 1.165) is 5.56 Å². The Labute approximate surface area is 122 Å². The molecule has 3 nitrogen and oxygen atoms in total. The normalized spacial score (nSPS) is 21.6. The van der Waals surface area contributed by atoms with Crippen LogP contribution in [-0.4, -0.2) is 12.7 Å². The van der Waals surface area contributed by atoms with Crippen molar-refractivity contribution >= 4 is 41.7 Å². The lowest BCUT2D eigenvalue weighted by Crippen LogP contribution is -2.47. The highest BCUT2D eigenvalue weighted by atomic mass is 35.5. The first-order chi connectivity index (χ1) is 7.92. The molecule has 0 saturated carbocycles. The van der Waals surface area contributed by atoms with Crippen LogP contribution in [0, 0.1) is 5.41 Å². The number of benzene rings is 1. The average molecular weight is 311 g/mol. The zero-order valence-corrected chi connectivity index (χ0v) is 12.3. The van der Waals surface area contributed by atoms with Crippen LogP contribution >= 0.6 is 35.6 Å². The molecule has 1 aliphatic rings. The molecule has 1 aromatic carbocycles. The van der Waals surface area contributed by atoms with E-state index in [0.29, 0.717) is 16.7 Å². The molecule has 1 heterocycles. The summed E-state index contributed by atoms with van der Waals surface area (Å²) in [6, 6.07) is 5.06. The van der Waals surface area contributed by atoms with Gasteiger partial charge in [-0.3, -0.25) is 0 Å². The van der Waals surface area contributed by atoms with E-state index in [1.807, 2.05) is 13.8 Å². The number of cyclic esters (lactones) is 1. The highest BCUT2D eigenvalue weighted by Gasteiger charge is 2.39. The van der Waals surface area contributed by atoms with Crippen LogP contribution < -0.4 is 5.32 Å². The zero-order valence-electron chi connectivity index (χ0n) is 10.00. The zero-order chi connectivity index (χ0) is 12.6. The van der Waals surface area contributed by atoms with Gasteiger partial charge in [-0.25, -0.2) is 4.79 Å². The second-order valence-electron chi connectivity index (χ2n) is 4.78. The average Bonchev–Trinajstić information content (AvgIpc) is 2.23. The number of carbonyl (C=O) groups excluding carboxylic acids is 1. The largest absolute Gasteiger partial charge is 0.449 e. The maximum atomic E-state index is 11.3. The number of halogens is 3. The number of hydrogen-bond donors (Lipinski definition) is 1. The Hall–Kier alpha value is -0.640. The number of carbonyl (C=O) groups is 1. The highest BCUT2D eigenvalue weighted by Crippen LogP contribution is 2.42. The maximum Gasteiger partial charge on any atom is 0.407 e. The molecule has 0 radical (unpaired) electrons.